The minimum Gasteiger partial charge on any atom is -0.376 e. The van der Waals surface area contributed by atoms with E-state index in [-0.39, 0.29) is 5.75 Å². The number of hydrogen-bond donors (Lipinski definition) is 1. The zero-order chi connectivity index (χ0) is 18.1. The van der Waals surface area contributed by atoms with E-state index in [0.29, 0.717) is 41.9 Å². The summed E-state index contributed by atoms with van der Waals surface area (Å²) in [5.74, 6) is 0.735. The van der Waals surface area contributed by atoms with Crippen molar-refractivity contribution in [1.29, 1.82) is 0 Å². The SMILES string of the molecule is Cc1noc(-c2c(NS(=O)(=O)Cc3ccccc3)sc3c2CCOC3)n1. The van der Waals surface area contributed by atoms with Crippen LogP contribution in [0.4, 0.5) is 5.00 Å². The van der Waals surface area contributed by atoms with Crippen LogP contribution in [0.2, 0.25) is 0 Å². The van der Waals surface area contributed by atoms with Gasteiger partial charge in [-0.2, -0.15) is 4.98 Å². The highest BCUT2D eigenvalue weighted by Gasteiger charge is 2.28. The summed E-state index contributed by atoms with van der Waals surface area (Å²) in [4.78, 5) is 5.27. The maximum absolute atomic E-state index is 12.7. The van der Waals surface area contributed by atoms with E-state index in [1.54, 1.807) is 19.1 Å². The maximum Gasteiger partial charge on any atom is 0.261 e. The lowest BCUT2D eigenvalue weighted by atomic mass is 10.1. The van der Waals surface area contributed by atoms with Gasteiger partial charge < -0.3 is 9.26 Å². The molecule has 1 aliphatic heterocycles. The molecule has 0 amide bonds. The van der Waals surface area contributed by atoms with Crippen molar-refractivity contribution in [2.24, 2.45) is 0 Å². The summed E-state index contributed by atoms with van der Waals surface area (Å²) in [5.41, 5.74) is 2.41. The van der Waals surface area contributed by atoms with Gasteiger partial charge in [0.15, 0.2) is 5.82 Å². The van der Waals surface area contributed by atoms with Crippen molar-refractivity contribution in [3.8, 4) is 11.5 Å². The predicted molar refractivity (Wildman–Crippen MR) is 98.4 cm³/mol. The van der Waals surface area contributed by atoms with E-state index in [1.165, 1.54) is 11.3 Å². The third-order valence-electron chi connectivity index (χ3n) is 4.01. The molecule has 0 saturated carbocycles. The first-order valence-corrected chi connectivity index (χ1v) is 10.6. The van der Waals surface area contributed by atoms with E-state index >= 15 is 0 Å². The third kappa shape index (κ3) is 3.50. The highest BCUT2D eigenvalue weighted by Crippen LogP contribution is 2.43. The molecule has 9 heteroatoms. The number of rotatable bonds is 5. The molecular formula is C17H17N3O4S2. The van der Waals surface area contributed by atoms with Crippen LogP contribution in [0.15, 0.2) is 34.9 Å². The van der Waals surface area contributed by atoms with Crippen LogP contribution in [0.5, 0.6) is 0 Å². The van der Waals surface area contributed by atoms with E-state index in [1.807, 2.05) is 18.2 Å². The normalized spacial score (nSPS) is 14.2. The highest BCUT2D eigenvalue weighted by molar-refractivity contribution is 7.92. The molecule has 3 aromatic rings. The zero-order valence-electron chi connectivity index (χ0n) is 14.1. The van der Waals surface area contributed by atoms with E-state index in [0.717, 1.165) is 16.0 Å². The first-order valence-electron chi connectivity index (χ1n) is 8.09. The Morgan fingerprint density at radius 2 is 2.08 bits per heavy atom. The van der Waals surface area contributed by atoms with Crippen LogP contribution in [0, 0.1) is 6.92 Å². The molecule has 3 heterocycles. The largest absolute Gasteiger partial charge is 0.376 e. The Kier molecular flexibility index (Phi) is 4.51. The van der Waals surface area contributed by atoms with Crippen LogP contribution in [0.25, 0.3) is 11.5 Å². The number of ether oxygens (including phenoxy) is 1. The predicted octanol–water partition coefficient (Wildman–Crippen LogP) is 3.12. The number of sulfonamides is 1. The Morgan fingerprint density at radius 3 is 2.81 bits per heavy atom. The second-order valence-corrected chi connectivity index (χ2v) is 8.83. The summed E-state index contributed by atoms with van der Waals surface area (Å²) in [7, 11) is -3.58. The van der Waals surface area contributed by atoms with Crippen LogP contribution in [0.1, 0.15) is 21.8 Å². The number of hydrogen-bond acceptors (Lipinski definition) is 7. The lowest BCUT2D eigenvalue weighted by molar-refractivity contribution is 0.113. The number of aryl methyl sites for hydroxylation is 1. The Labute approximate surface area is 155 Å². The maximum atomic E-state index is 12.7. The third-order valence-corrected chi connectivity index (χ3v) is 6.49. The van der Waals surface area contributed by atoms with Crippen molar-refractivity contribution in [2.45, 2.75) is 25.7 Å². The van der Waals surface area contributed by atoms with Gasteiger partial charge in [0, 0.05) is 4.88 Å². The molecule has 2 aromatic heterocycles. The molecule has 0 radical (unpaired) electrons. The Hall–Kier alpha value is -2.23. The van der Waals surface area contributed by atoms with Crippen molar-refractivity contribution in [2.75, 3.05) is 11.3 Å². The molecule has 7 nitrogen and oxygen atoms in total. The fourth-order valence-electron chi connectivity index (χ4n) is 2.90. The van der Waals surface area contributed by atoms with Crippen LogP contribution in [-0.2, 0) is 33.5 Å². The summed E-state index contributed by atoms with van der Waals surface area (Å²) < 4.78 is 38.9. The van der Waals surface area contributed by atoms with Crippen LogP contribution in [-0.4, -0.2) is 25.2 Å². The van der Waals surface area contributed by atoms with Crippen LogP contribution < -0.4 is 4.72 Å². The minimum absolute atomic E-state index is 0.102. The first-order chi connectivity index (χ1) is 12.5. The van der Waals surface area contributed by atoms with Crippen molar-refractivity contribution >= 4 is 26.4 Å². The molecule has 26 heavy (non-hydrogen) atoms. The van der Waals surface area contributed by atoms with Gasteiger partial charge in [-0.05, 0) is 24.5 Å². The number of nitrogens with one attached hydrogen (secondary N) is 1. The average molecular weight is 391 g/mol. The molecule has 0 aliphatic carbocycles. The minimum atomic E-state index is -3.58. The van der Waals surface area contributed by atoms with Gasteiger partial charge in [0.1, 0.15) is 5.00 Å². The molecule has 1 N–H and O–H groups in total. The lowest BCUT2D eigenvalue weighted by Gasteiger charge is -2.12. The van der Waals surface area contributed by atoms with Gasteiger partial charge in [0.2, 0.25) is 10.0 Å². The molecule has 0 atom stereocenters. The van der Waals surface area contributed by atoms with Crippen molar-refractivity contribution in [3.05, 3.63) is 52.2 Å². The standard InChI is InChI=1S/C17H17N3O4S2/c1-11-18-16(24-19-11)15-13-7-8-23-9-14(13)25-17(15)20-26(21,22)10-12-5-3-2-4-6-12/h2-6,20H,7-10H2,1H3. The Bertz CT molecular complexity index is 1030. The molecule has 0 spiro atoms. The monoisotopic (exact) mass is 391 g/mol. The van der Waals surface area contributed by atoms with Gasteiger partial charge >= 0.3 is 0 Å². The quantitative estimate of drug-likeness (QED) is 0.718. The summed E-state index contributed by atoms with van der Waals surface area (Å²) in [5, 5.41) is 4.34. The van der Waals surface area contributed by atoms with E-state index in [4.69, 9.17) is 9.26 Å². The van der Waals surface area contributed by atoms with Gasteiger partial charge in [-0.3, -0.25) is 4.72 Å². The average Bonchev–Trinajstić information content (AvgIpc) is 3.17. The molecule has 1 aliphatic rings. The molecule has 0 bridgehead atoms. The number of thiophene rings is 1. The summed E-state index contributed by atoms with van der Waals surface area (Å²) in [6.45, 7) is 2.77. The fourth-order valence-corrected chi connectivity index (χ4v) is 5.56. The second kappa shape index (κ2) is 6.82. The number of nitrogens with zero attached hydrogens (tertiary/aromatic N) is 2. The van der Waals surface area contributed by atoms with Crippen molar-refractivity contribution < 1.29 is 17.7 Å². The number of fused-ring (bicyclic) bond motifs is 1. The van der Waals surface area contributed by atoms with Crippen molar-refractivity contribution in [1.82, 2.24) is 10.1 Å². The Morgan fingerprint density at radius 1 is 1.27 bits per heavy atom. The highest BCUT2D eigenvalue weighted by atomic mass is 32.2. The molecule has 136 valence electrons. The van der Waals surface area contributed by atoms with E-state index in [2.05, 4.69) is 14.9 Å². The zero-order valence-corrected chi connectivity index (χ0v) is 15.7. The van der Waals surface area contributed by atoms with Crippen LogP contribution in [0.3, 0.4) is 0 Å². The topological polar surface area (TPSA) is 94.3 Å². The molecule has 1 aromatic carbocycles. The number of anilines is 1. The summed E-state index contributed by atoms with van der Waals surface area (Å²) in [6, 6.07) is 9.06. The van der Waals surface area contributed by atoms with Crippen molar-refractivity contribution in [3.63, 3.8) is 0 Å². The number of benzene rings is 1. The van der Waals surface area contributed by atoms with Gasteiger partial charge in [-0.15, -0.1) is 11.3 Å². The van der Waals surface area contributed by atoms with Gasteiger partial charge in [-0.25, -0.2) is 8.42 Å². The van der Waals surface area contributed by atoms with Gasteiger partial charge in [0.25, 0.3) is 5.89 Å². The lowest BCUT2D eigenvalue weighted by Crippen LogP contribution is -2.15. The smallest absolute Gasteiger partial charge is 0.261 e. The fraction of sp³-hybridized carbons (Fsp3) is 0.294. The molecule has 0 unspecified atom stereocenters. The summed E-state index contributed by atoms with van der Waals surface area (Å²) in [6.07, 6.45) is 0.684. The first kappa shape index (κ1) is 17.2. The Balaban J connectivity index is 1.71. The summed E-state index contributed by atoms with van der Waals surface area (Å²) >= 11 is 1.36. The van der Waals surface area contributed by atoms with Crippen LogP contribution >= 0.6 is 11.3 Å². The van der Waals surface area contributed by atoms with Gasteiger partial charge in [-0.1, -0.05) is 35.5 Å². The molecular weight excluding hydrogens is 374 g/mol. The van der Waals surface area contributed by atoms with Gasteiger partial charge in [0.05, 0.1) is 24.5 Å². The second-order valence-electron chi connectivity index (χ2n) is 6.00. The molecule has 0 fully saturated rings. The molecule has 4 rings (SSSR count). The molecule has 0 saturated heterocycles. The number of aromatic nitrogens is 2. The van der Waals surface area contributed by atoms with E-state index in [9.17, 15) is 8.42 Å². The van der Waals surface area contributed by atoms with E-state index < -0.39 is 10.0 Å².